The molecule has 0 aliphatic carbocycles. The summed E-state index contributed by atoms with van der Waals surface area (Å²) in [4.78, 5) is 13.5. The summed E-state index contributed by atoms with van der Waals surface area (Å²) in [5.41, 5.74) is 0. The molecule has 0 aromatic carbocycles. The summed E-state index contributed by atoms with van der Waals surface area (Å²) >= 11 is 6.09. The third-order valence-electron chi connectivity index (χ3n) is 4.09. The summed E-state index contributed by atoms with van der Waals surface area (Å²) in [5, 5.41) is 0.467. The second-order valence-corrected chi connectivity index (χ2v) is 6.01. The number of hydrogen-bond acceptors (Lipinski definition) is 6. The van der Waals surface area contributed by atoms with Gasteiger partial charge in [-0.3, -0.25) is 4.90 Å². The summed E-state index contributed by atoms with van der Waals surface area (Å²) < 4.78 is 10.4. The Balaban J connectivity index is 1.70. The summed E-state index contributed by atoms with van der Waals surface area (Å²) in [6.07, 6.45) is 0. The van der Waals surface area contributed by atoms with Crippen LogP contribution in [-0.4, -0.2) is 66.9 Å². The van der Waals surface area contributed by atoms with Crippen LogP contribution in [0.25, 0.3) is 0 Å². The molecule has 0 N–H and O–H groups in total. The lowest BCUT2D eigenvalue weighted by molar-refractivity contribution is -0.0793. The van der Waals surface area contributed by atoms with Crippen molar-refractivity contribution >= 4 is 17.4 Å². The SMILES string of the molecule is COCc1nc(Cl)cc(N2CCN(C3COC3)C(C)C2)n1. The highest BCUT2D eigenvalue weighted by Crippen LogP contribution is 2.23. The molecule has 0 spiro atoms. The zero-order valence-electron chi connectivity index (χ0n) is 12.5. The van der Waals surface area contributed by atoms with Crippen LogP contribution in [0.15, 0.2) is 6.07 Å². The van der Waals surface area contributed by atoms with Gasteiger partial charge in [0.2, 0.25) is 0 Å². The Labute approximate surface area is 130 Å². The average Bonchev–Trinajstić information content (AvgIpc) is 2.38. The predicted octanol–water partition coefficient (Wildman–Crippen LogP) is 1.19. The third kappa shape index (κ3) is 3.29. The molecule has 2 saturated heterocycles. The number of rotatable bonds is 4. The van der Waals surface area contributed by atoms with Crippen LogP contribution in [0.3, 0.4) is 0 Å². The van der Waals surface area contributed by atoms with Gasteiger partial charge in [-0.25, -0.2) is 9.97 Å². The van der Waals surface area contributed by atoms with Crippen molar-refractivity contribution in [3.8, 4) is 0 Å². The molecule has 1 aromatic heterocycles. The molecule has 3 heterocycles. The Kier molecular flexibility index (Phi) is 4.59. The van der Waals surface area contributed by atoms with E-state index in [2.05, 4.69) is 26.7 Å². The normalized spacial score (nSPS) is 24.1. The van der Waals surface area contributed by atoms with Gasteiger partial charge in [0.15, 0.2) is 5.82 Å². The van der Waals surface area contributed by atoms with E-state index in [-0.39, 0.29) is 0 Å². The molecule has 6 nitrogen and oxygen atoms in total. The quantitative estimate of drug-likeness (QED) is 0.778. The zero-order chi connectivity index (χ0) is 14.8. The molecule has 1 unspecified atom stereocenters. The van der Waals surface area contributed by atoms with Crippen LogP contribution in [0.2, 0.25) is 5.15 Å². The highest BCUT2D eigenvalue weighted by Gasteiger charge is 2.33. The van der Waals surface area contributed by atoms with E-state index in [9.17, 15) is 0 Å². The molecule has 1 aromatic rings. The van der Waals surface area contributed by atoms with Gasteiger partial charge in [-0.1, -0.05) is 11.6 Å². The van der Waals surface area contributed by atoms with Gasteiger partial charge in [0.05, 0.1) is 19.3 Å². The van der Waals surface area contributed by atoms with Gasteiger partial charge in [-0.05, 0) is 6.92 Å². The van der Waals surface area contributed by atoms with Crippen molar-refractivity contribution in [2.75, 3.05) is 44.9 Å². The molecule has 0 saturated carbocycles. The molecule has 0 radical (unpaired) electrons. The molecule has 7 heteroatoms. The third-order valence-corrected chi connectivity index (χ3v) is 4.29. The Hall–Kier alpha value is -0.950. The number of aromatic nitrogens is 2. The maximum atomic E-state index is 6.09. The number of methoxy groups -OCH3 is 1. The van der Waals surface area contributed by atoms with Crippen LogP contribution >= 0.6 is 11.6 Å². The van der Waals surface area contributed by atoms with E-state index in [1.807, 2.05) is 6.07 Å². The number of piperazine rings is 1. The lowest BCUT2D eigenvalue weighted by Crippen LogP contribution is -2.60. The molecule has 0 bridgehead atoms. The molecule has 0 amide bonds. The zero-order valence-corrected chi connectivity index (χ0v) is 13.2. The number of halogens is 1. The first-order chi connectivity index (χ1) is 10.2. The van der Waals surface area contributed by atoms with E-state index < -0.39 is 0 Å². The van der Waals surface area contributed by atoms with Crippen molar-refractivity contribution in [3.05, 3.63) is 17.0 Å². The molecule has 21 heavy (non-hydrogen) atoms. The largest absolute Gasteiger partial charge is 0.378 e. The smallest absolute Gasteiger partial charge is 0.158 e. The summed E-state index contributed by atoms with van der Waals surface area (Å²) in [7, 11) is 1.63. The fourth-order valence-electron chi connectivity index (χ4n) is 2.94. The highest BCUT2D eigenvalue weighted by atomic mass is 35.5. The first kappa shape index (κ1) is 15.0. The van der Waals surface area contributed by atoms with Crippen molar-refractivity contribution in [3.63, 3.8) is 0 Å². The Bertz CT molecular complexity index is 498. The molecular formula is C14H21ClN4O2. The summed E-state index contributed by atoms with van der Waals surface area (Å²) in [5.74, 6) is 1.51. The van der Waals surface area contributed by atoms with Crippen molar-refractivity contribution in [2.24, 2.45) is 0 Å². The van der Waals surface area contributed by atoms with Crippen LogP contribution in [0.4, 0.5) is 5.82 Å². The van der Waals surface area contributed by atoms with Crippen LogP contribution in [0, 0.1) is 0 Å². The molecule has 2 fully saturated rings. The first-order valence-corrected chi connectivity index (χ1v) is 7.66. The molecule has 2 aliphatic rings. The lowest BCUT2D eigenvalue weighted by Gasteiger charge is -2.46. The van der Waals surface area contributed by atoms with E-state index in [1.54, 1.807) is 7.11 Å². The van der Waals surface area contributed by atoms with Crippen LogP contribution < -0.4 is 4.90 Å². The van der Waals surface area contributed by atoms with E-state index in [0.717, 1.165) is 38.7 Å². The van der Waals surface area contributed by atoms with Gasteiger partial charge in [0, 0.05) is 38.9 Å². The van der Waals surface area contributed by atoms with E-state index >= 15 is 0 Å². The number of hydrogen-bond donors (Lipinski definition) is 0. The van der Waals surface area contributed by atoms with Gasteiger partial charge in [0.25, 0.3) is 0 Å². The van der Waals surface area contributed by atoms with E-state index in [1.165, 1.54) is 0 Å². The second kappa shape index (κ2) is 6.44. The van der Waals surface area contributed by atoms with Crippen molar-refractivity contribution in [1.29, 1.82) is 0 Å². The Morgan fingerprint density at radius 2 is 2.19 bits per heavy atom. The first-order valence-electron chi connectivity index (χ1n) is 7.28. The van der Waals surface area contributed by atoms with Gasteiger partial charge >= 0.3 is 0 Å². The van der Waals surface area contributed by atoms with Crippen LogP contribution in [0.1, 0.15) is 12.7 Å². The van der Waals surface area contributed by atoms with Gasteiger partial charge in [-0.15, -0.1) is 0 Å². The Morgan fingerprint density at radius 1 is 1.38 bits per heavy atom. The molecule has 116 valence electrons. The summed E-state index contributed by atoms with van der Waals surface area (Å²) in [6, 6.07) is 2.89. The van der Waals surface area contributed by atoms with Gasteiger partial charge in [-0.2, -0.15) is 0 Å². The van der Waals surface area contributed by atoms with Crippen molar-refractivity contribution in [2.45, 2.75) is 25.6 Å². The minimum absolute atomic E-state index is 0.377. The monoisotopic (exact) mass is 312 g/mol. The van der Waals surface area contributed by atoms with Crippen LogP contribution in [-0.2, 0) is 16.1 Å². The average molecular weight is 313 g/mol. The van der Waals surface area contributed by atoms with Gasteiger partial charge in [0.1, 0.15) is 17.6 Å². The Morgan fingerprint density at radius 3 is 2.81 bits per heavy atom. The standard InChI is InChI=1S/C14H21ClN4O2/c1-10-6-18(3-4-19(10)11-7-21-8-11)14-5-12(15)16-13(17-14)9-20-2/h5,10-11H,3-4,6-9H2,1-2H3. The van der Waals surface area contributed by atoms with Crippen molar-refractivity contribution < 1.29 is 9.47 Å². The van der Waals surface area contributed by atoms with E-state index in [4.69, 9.17) is 21.1 Å². The maximum Gasteiger partial charge on any atom is 0.158 e. The second-order valence-electron chi connectivity index (χ2n) is 5.62. The maximum absolute atomic E-state index is 6.09. The minimum atomic E-state index is 0.377. The fourth-order valence-corrected chi connectivity index (χ4v) is 3.14. The number of anilines is 1. The van der Waals surface area contributed by atoms with Gasteiger partial charge < -0.3 is 14.4 Å². The topological polar surface area (TPSA) is 50.7 Å². The van der Waals surface area contributed by atoms with E-state index in [0.29, 0.717) is 29.7 Å². The fraction of sp³-hybridized carbons (Fsp3) is 0.714. The highest BCUT2D eigenvalue weighted by molar-refractivity contribution is 6.29. The molecule has 3 rings (SSSR count). The van der Waals surface area contributed by atoms with Crippen LogP contribution in [0.5, 0.6) is 0 Å². The predicted molar refractivity (Wildman–Crippen MR) is 80.7 cm³/mol. The number of ether oxygens (including phenoxy) is 2. The lowest BCUT2D eigenvalue weighted by atomic mass is 10.1. The van der Waals surface area contributed by atoms with Crippen molar-refractivity contribution in [1.82, 2.24) is 14.9 Å². The number of nitrogens with zero attached hydrogens (tertiary/aromatic N) is 4. The molecule has 2 aliphatic heterocycles. The minimum Gasteiger partial charge on any atom is -0.378 e. The summed E-state index contributed by atoms with van der Waals surface area (Å²) in [6.45, 7) is 7.27. The molecular weight excluding hydrogens is 292 g/mol. The molecule has 1 atom stereocenters.